The molecule has 2 heterocycles. The summed E-state index contributed by atoms with van der Waals surface area (Å²) in [6, 6.07) is 5.90. The number of aryl methyl sites for hydroxylation is 1. The molecule has 0 radical (unpaired) electrons. The van der Waals surface area contributed by atoms with E-state index in [1.807, 2.05) is 18.2 Å². The number of aromatic nitrogens is 2. The largest absolute Gasteiger partial charge is 0.370 e. The first-order valence-corrected chi connectivity index (χ1v) is 7.80. The minimum absolute atomic E-state index is 0.765. The van der Waals surface area contributed by atoms with Gasteiger partial charge in [0, 0.05) is 18.3 Å². The summed E-state index contributed by atoms with van der Waals surface area (Å²) in [4.78, 5) is 10.2. The number of nitrogens with zero attached hydrogens (tertiary/aromatic N) is 2. The molecule has 0 amide bonds. The summed E-state index contributed by atoms with van der Waals surface area (Å²) in [5, 5.41) is 3.33. The van der Waals surface area contributed by atoms with Gasteiger partial charge in [0.1, 0.15) is 5.82 Å². The van der Waals surface area contributed by atoms with E-state index < -0.39 is 0 Å². The van der Waals surface area contributed by atoms with E-state index in [0.29, 0.717) is 0 Å². The third kappa shape index (κ3) is 3.91. The van der Waals surface area contributed by atoms with Crippen molar-refractivity contribution in [1.82, 2.24) is 9.97 Å². The normalized spacial score (nSPS) is 10.7. The molecule has 0 aromatic carbocycles. The molecule has 0 aliphatic carbocycles. The molecule has 0 aliphatic heterocycles. The molecule has 0 spiro atoms. The fraction of sp³-hybridized carbons (Fsp3) is 0.429. The van der Waals surface area contributed by atoms with Crippen LogP contribution in [0.1, 0.15) is 32.4 Å². The molecule has 102 valence electrons. The lowest BCUT2D eigenvalue weighted by Crippen LogP contribution is -2.05. The molecule has 0 unspecified atom stereocenters. The van der Waals surface area contributed by atoms with Crippen LogP contribution in [0.4, 0.5) is 5.82 Å². The lowest BCUT2D eigenvalue weighted by Gasteiger charge is -2.08. The highest BCUT2D eigenvalue weighted by Gasteiger charge is 2.08. The topological polar surface area (TPSA) is 37.8 Å². The van der Waals surface area contributed by atoms with E-state index in [2.05, 4.69) is 29.1 Å². The predicted octanol–water partition coefficient (Wildman–Crippen LogP) is 4.63. The molecule has 2 aromatic rings. The van der Waals surface area contributed by atoms with Crippen molar-refractivity contribution in [3.63, 3.8) is 0 Å². The van der Waals surface area contributed by atoms with E-state index in [0.717, 1.165) is 52.4 Å². The average Bonchev–Trinajstić information content (AvgIpc) is 2.83. The van der Waals surface area contributed by atoms with Gasteiger partial charge < -0.3 is 5.32 Å². The summed E-state index contributed by atoms with van der Waals surface area (Å²) in [7, 11) is 0. The van der Waals surface area contributed by atoms with Crippen molar-refractivity contribution in [2.24, 2.45) is 0 Å². The van der Waals surface area contributed by atoms with Crippen LogP contribution in [0.2, 0.25) is 4.34 Å². The van der Waals surface area contributed by atoms with Crippen LogP contribution in [0.15, 0.2) is 18.2 Å². The summed E-state index contributed by atoms with van der Waals surface area (Å²) >= 11 is 7.49. The Labute approximate surface area is 123 Å². The van der Waals surface area contributed by atoms with E-state index >= 15 is 0 Å². The van der Waals surface area contributed by atoms with Crippen LogP contribution in [-0.2, 0) is 6.42 Å². The van der Waals surface area contributed by atoms with Crippen molar-refractivity contribution < 1.29 is 0 Å². The quantitative estimate of drug-likeness (QED) is 0.844. The Kier molecular flexibility index (Phi) is 5.16. The number of hydrogen-bond donors (Lipinski definition) is 1. The van der Waals surface area contributed by atoms with Gasteiger partial charge in [0.25, 0.3) is 0 Å². The van der Waals surface area contributed by atoms with Crippen LogP contribution in [-0.4, -0.2) is 16.5 Å². The van der Waals surface area contributed by atoms with Crippen molar-refractivity contribution in [2.45, 2.75) is 33.1 Å². The maximum Gasteiger partial charge on any atom is 0.171 e. The molecule has 0 saturated heterocycles. The standard InChI is InChI=1S/C14H18ClN3S/c1-3-5-10-9-13(16-8-4-2)18-14(17-10)11-6-7-12(15)19-11/h6-7,9H,3-5,8H2,1-2H3,(H,16,17,18). The maximum atomic E-state index is 5.98. The Balaban J connectivity index is 2.33. The maximum absolute atomic E-state index is 5.98. The molecule has 19 heavy (non-hydrogen) atoms. The molecule has 3 nitrogen and oxygen atoms in total. The van der Waals surface area contributed by atoms with Crippen molar-refractivity contribution in [3.05, 3.63) is 28.2 Å². The Hall–Kier alpha value is -1.13. The molecular formula is C14H18ClN3S. The molecule has 0 saturated carbocycles. The molecule has 0 atom stereocenters. The first-order chi connectivity index (χ1) is 9.22. The second-order valence-corrected chi connectivity index (χ2v) is 6.06. The number of hydrogen-bond acceptors (Lipinski definition) is 4. The van der Waals surface area contributed by atoms with Crippen LogP contribution in [0, 0.1) is 0 Å². The van der Waals surface area contributed by atoms with E-state index in [9.17, 15) is 0 Å². The first-order valence-electron chi connectivity index (χ1n) is 6.60. The van der Waals surface area contributed by atoms with Gasteiger partial charge in [-0.25, -0.2) is 9.97 Å². The lowest BCUT2D eigenvalue weighted by atomic mass is 10.2. The van der Waals surface area contributed by atoms with Gasteiger partial charge in [-0.3, -0.25) is 0 Å². The fourth-order valence-corrected chi connectivity index (χ4v) is 2.75. The molecule has 2 aromatic heterocycles. The minimum atomic E-state index is 0.765. The third-order valence-electron chi connectivity index (χ3n) is 2.64. The van der Waals surface area contributed by atoms with Crippen molar-refractivity contribution in [2.75, 3.05) is 11.9 Å². The van der Waals surface area contributed by atoms with E-state index in [-0.39, 0.29) is 0 Å². The van der Waals surface area contributed by atoms with Gasteiger partial charge in [-0.2, -0.15) is 0 Å². The highest BCUT2D eigenvalue weighted by atomic mass is 35.5. The van der Waals surface area contributed by atoms with Gasteiger partial charge in [0.2, 0.25) is 0 Å². The highest BCUT2D eigenvalue weighted by molar-refractivity contribution is 7.19. The molecule has 0 fully saturated rings. The molecule has 5 heteroatoms. The Morgan fingerprint density at radius 1 is 1.21 bits per heavy atom. The zero-order valence-electron chi connectivity index (χ0n) is 11.2. The van der Waals surface area contributed by atoms with Crippen LogP contribution in [0.25, 0.3) is 10.7 Å². The molecule has 0 aliphatic rings. The second-order valence-electron chi connectivity index (χ2n) is 4.35. The summed E-state index contributed by atoms with van der Waals surface area (Å²) in [6.45, 7) is 5.22. The summed E-state index contributed by atoms with van der Waals surface area (Å²) < 4.78 is 0.766. The first kappa shape index (κ1) is 14.3. The molecular weight excluding hydrogens is 278 g/mol. The number of anilines is 1. The van der Waals surface area contributed by atoms with Gasteiger partial charge in [-0.05, 0) is 25.0 Å². The van der Waals surface area contributed by atoms with Gasteiger partial charge in [0.15, 0.2) is 5.82 Å². The van der Waals surface area contributed by atoms with Crippen molar-refractivity contribution in [1.29, 1.82) is 0 Å². The third-order valence-corrected chi connectivity index (χ3v) is 3.86. The zero-order chi connectivity index (χ0) is 13.7. The summed E-state index contributed by atoms with van der Waals surface area (Å²) in [5.74, 6) is 1.67. The Morgan fingerprint density at radius 2 is 2.05 bits per heavy atom. The number of thiophene rings is 1. The van der Waals surface area contributed by atoms with Gasteiger partial charge in [0.05, 0.1) is 9.21 Å². The monoisotopic (exact) mass is 295 g/mol. The van der Waals surface area contributed by atoms with E-state index in [1.54, 1.807) is 0 Å². The van der Waals surface area contributed by atoms with Gasteiger partial charge in [-0.1, -0.05) is 31.9 Å². The number of rotatable bonds is 6. The molecule has 1 N–H and O–H groups in total. The average molecular weight is 296 g/mol. The lowest BCUT2D eigenvalue weighted by molar-refractivity contribution is 0.873. The van der Waals surface area contributed by atoms with Gasteiger partial charge >= 0.3 is 0 Å². The van der Waals surface area contributed by atoms with E-state index in [1.165, 1.54) is 11.3 Å². The Bertz CT molecular complexity index is 539. The minimum Gasteiger partial charge on any atom is -0.370 e. The summed E-state index contributed by atoms with van der Waals surface area (Å²) in [5.41, 5.74) is 1.08. The van der Waals surface area contributed by atoms with Crippen LogP contribution < -0.4 is 5.32 Å². The summed E-state index contributed by atoms with van der Waals surface area (Å²) in [6.07, 6.45) is 3.12. The Morgan fingerprint density at radius 3 is 2.68 bits per heavy atom. The van der Waals surface area contributed by atoms with Crippen molar-refractivity contribution >= 4 is 28.8 Å². The van der Waals surface area contributed by atoms with Crippen LogP contribution in [0.3, 0.4) is 0 Å². The molecule has 2 rings (SSSR count). The SMILES string of the molecule is CCCNc1cc(CCC)nc(-c2ccc(Cl)s2)n1. The van der Waals surface area contributed by atoms with Crippen LogP contribution in [0.5, 0.6) is 0 Å². The second kappa shape index (κ2) is 6.87. The molecule has 0 bridgehead atoms. The fourth-order valence-electron chi connectivity index (χ4n) is 1.77. The van der Waals surface area contributed by atoms with Crippen molar-refractivity contribution in [3.8, 4) is 10.7 Å². The van der Waals surface area contributed by atoms with Crippen LogP contribution >= 0.6 is 22.9 Å². The predicted molar refractivity (Wildman–Crippen MR) is 83.1 cm³/mol. The zero-order valence-corrected chi connectivity index (χ0v) is 12.8. The smallest absolute Gasteiger partial charge is 0.171 e. The number of nitrogens with one attached hydrogen (secondary N) is 1. The van der Waals surface area contributed by atoms with E-state index in [4.69, 9.17) is 11.6 Å². The van der Waals surface area contributed by atoms with Gasteiger partial charge in [-0.15, -0.1) is 11.3 Å². The number of halogens is 1. The highest BCUT2D eigenvalue weighted by Crippen LogP contribution is 2.29.